The van der Waals surface area contributed by atoms with Gasteiger partial charge in [0.2, 0.25) is 0 Å². The molecule has 0 saturated heterocycles. The molecule has 3 aromatic carbocycles. The predicted molar refractivity (Wildman–Crippen MR) is 126 cm³/mol. The molecule has 2 amide bonds. The molecule has 1 heterocycles. The third kappa shape index (κ3) is 6.33. The molecule has 1 aromatic heterocycles. The number of furan rings is 1. The van der Waals surface area contributed by atoms with Gasteiger partial charge in [0.05, 0.1) is 19.4 Å². The van der Waals surface area contributed by atoms with E-state index in [1.807, 2.05) is 18.2 Å². The Bertz CT molecular complexity index is 1170. The van der Waals surface area contributed by atoms with Gasteiger partial charge < -0.3 is 19.8 Å². The van der Waals surface area contributed by atoms with Crippen molar-refractivity contribution in [2.45, 2.75) is 13.0 Å². The fraction of sp³-hybridized carbons (Fsp3) is 0.111. The van der Waals surface area contributed by atoms with Crippen LogP contribution in [0.2, 0.25) is 0 Å². The van der Waals surface area contributed by atoms with E-state index >= 15 is 0 Å². The molecule has 4 aromatic rings. The van der Waals surface area contributed by atoms with Gasteiger partial charge in [-0.3, -0.25) is 9.59 Å². The molecule has 6 nitrogen and oxygen atoms in total. The standard InChI is InChI=1S/C27H24N2O4/c30-26(28-19-25-7-4-17-32-25)21-8-12-23(13-9-21)29-27(31)22-10-14-24(15-11-22)33-18-16-20-5-2-1-3-6-20/h1-15,17H,16,18-19H2,(H,28,30)(H,29,31). The first-order valence-corrected chi connectivity index (χ1v) is 10.7. The fourth-order valence-electron chi connectivity index (χ4n) is 3.22. The van der Waals surface area contributed by atoms with Gasteiger partial charge in [-0.05, 0) is 66.2 Å². The molecular weight excluding hydrogens is 416 g/mol. The number of benzene rings is 3. The van der Waals surface area contributed by atoms with Crippen LogP contribution < -0.4 is 15.4 Å². The number of carbonyl (C=O) groups is 2. The van der Waals surface area contributed by atoms with Crippen molar-refractivity contribution in [3.63, 3.8) is 0 Å². The summed E-state index contributed by atoms with van der Waals surface area (Å²) in [4.78, 5) is 24.8. The zero-order valence-electron chi connectivity index (χ0n) is 18.0. The largest absolute Gasteiger partial charge is 0.493 e. The molecule has 33 heavy (non-hydrogen) atoms. The van der Waals surface area contributed by atoms with Gasteiger partial charge in [0.25, 0.3) is 11.8 Å². The average Bonchev–Trinajstić information content (AvgIpc) is 3.38. The van der Waals surface area contributed by atoms with Gasteiger partial charge in [0.1, 0.15) is 11.5 Å². The van der Waals surface area contributed by atoms with Crippen LogP contribution in [0.15, 0.2) is 102 Å². The summed E-state index contributed by atoms with van der Waals surface area (Å²) in [7, 11) is 0. The summed E-state index contributed by atoms with van der Waals surface area (Å²) in [5, 5.41) is 5.62. The fourth-order valence-corrected chi connectivity index (χ4v) is 3.22. The molecular formula is C27H24N2O4. The summed E-state index contributed by atoms with van der Waals surface area (Å²) in [6, 6.07) is 27.4. The van der Waals surface area contributed by atoms with Crippen molar-refractivity contribution < 1.29 is 18.7 Å². The number of rotatable bonds is 9. The van der Waals surface area contributed by atoms with Gasteiger partial charge in [-0.1, -0.05) is 30.3 Å². The first-order chi connectivity index (χ1) is 16.2. The molecule has 0 fully saturated rings. The van der Waals surface area contributed by atoms with Gasteiger partial charge in [0, 0.05) is 23.2 Å². The molecule has 2 N–H and O–H groups in total. The minimum atomic E-state index is -0.235. The van der Waals surface area contributed by atoms with Crippen molar-refractivity contribution in [1.29, 1.82) is 0 Å². The van der Waals surface area contributed by atoms with E-state index in [9.17, 15) is 9.59 Å². The molecule has 0 spiro atoms. The van der Waals surface area contributed by atoms with E-state index in [0.717, 1.165) is 6.42 Å². The van der Waals surface area contributed by atoms with Gasteiger partial charge in [-0.25, -0.2) is 0 Å². The number of amides is 2. The van der Waals surface area contributed by atoms with Crippen molar-refractivity contribution in [2.75, 3.05) is 11.9 Å². The minimum absolute atomic E-state index is 0.216. The highest BCUT2D eigenvalue weighted by Gasteiger charge is 2.09. The van der Waals surface area contributed by atoms with Crippen molar-refractivity contribution >= 4 is 17.5 Å². The van der Waals surface area contributed by atoms with Crippen LogP contribution in [-0.4, -0.2) is 18.4 Å². The molecule has 0 aliphatic rings. The Kier molecular flexibility index (Phi) is 7.18. The summed E-state index contributed by atoms with van der Waals surface area (Å²) in [5.74, 6) is 0.945. The van der Waals surface area contributed by atoms with E-state index in [4.69, 9.17) is 9.15 Å². The summed E-state index contributed by atoms with van der Waals surface area (Å²) < 4.78 is 11.0. The normalized spacial score (nSPS) is 10.4. The highest BCUT2D eigenvalue weighted by Crippen LogP contribution is 2.16. The molecule has 0 atom stereocenters. The number of anilines is 1. The van der Waals surface area contributed by atoms with Gasteiger partial charge in [-0.2, -0.15) is 0 Å². The van der Waals surface area contributed by atoms with Gasteiger partial charge >= 0.3 is 0 Å². The molecule has 0 radical (unpaired) electrons. The number of ether oxygens (including phenoxy) is 1. The van der Waals surface area contributed by atoms with Crippen LogP contribution in [-0.2, 0) is 13.0 Å². The van der Waals surface area contributed by atoms with Crippen molar-refractivity contribution in [2.24, 2.45) is 0 Å². The average molecular weight is 440 g/mol. The van der Waals surface area contributed by atoms with E-state index in [1.54, 1.807) is 66.9 Å². The van der Waals surface area contributed by atoms with Crippen LogP contribution in [0.5, 0.6) is 5.75 Å². The highest BCUT2D eigenvalue weighted by atomic mass is 16.5. The third-order valence-electron chi connectivity index (χ3n) is 5.03. The van der Waals surface area contributed by atoms with Gasteiger partial charge in [-0.15, -0.1) is 0 Å². The molecule has 166 valence electrons. The topological polar surface area (TPSA) is 80.6 Å². The monoisotopic (exact) mass is 440 g/mol. The smallest absolute Gasteiger partial charge is 0.255 e. The zero-order valence-corrected chi connectivity index (χ0v) is 18.0. The summed E-state index contributed by atoms with van der Waals surface area (Å²) in [6.45, 7) is 0.882. The van der Waals surface area contributed by atoms with Crippen LogP contribution in [0.25, 0.3) is 0 Å². The van der Waals surface area contributed by atoms with Crippen LogP contribution >= 0.6 is 0 Å². The van der Waals surface area contributed by atoms with E-state index in [-0.39, 0.29) is 11.8 Å². The van der Waals surface area contributed by atoms with Crippen LogP contribution in [0.1, 0.15) is 32.0 Å². The van der Waals surface area contributed by atoms with E-state index in [2.05, 4.69) is 22.8 Å². The second-order valence-electron chi connectivity index (χ2n) is 7.40. The Morgan fingerprint density at radius 2 is 1.45 bits per heavy atom. The number of hydrogen-bond acceptors (Lipinski definition) is 4. The lowest BCUT2D eigenvalue weighted by Gasteiger charge is -2.09. The Labute approximate surface area is 192 Å². The quantitative estimate of drug-likeness (QED) is 0.380. The van der Waals surface area contributed by atoms with E-state index in [1.165, 1.54) is 5.56 Å². The van der Waals surface area contributed by atoms with Crippen LogP contribution in [0.3, 0.4) is 0 Å². The molecule has 0 saturated carbocycles. The lowest BCUT2D eigenvalue weighted by Crippen LogP contribution is -2.22. The molecule has 0 aliphatic heterocycles. The Balaban J connectivity index is 1.25. The minimum Gasteiger partial charge on any atom is -0.493 e. The highest BCUT2D eigenvalue weighted by molar-refractivity contribution is 6.04. The third-order valence-corrected chi connectivity index (χ3v) is 5.03. The maximum atomic E-state index is 12.5. The lowest BCUT2D eigenvalue weighted by atomic mass is 10.1. The van der Waals surface area contributed by atoms with Gasteiger partial charge in [0.15, 0.2) is 0 Å². The maximum absolute atomic E-state index is 12.5. The van der Waals surface area contributed by atoms with Crippen LogP contribution in [0.4, 0.5) is 5.69 Å². The molecule has 6 heteroatoms. The molecule has 0 bridgehead atoms. The van der Waals surface area contributed by atoms with E-state index in [0.29, 0.717) is 41.5 Å². The number of carbonyl (C=O) groups excluding carboxylic acids is 2. The summed E-state index contributed by atoms with van der Waals surface area (Å²) in [6.07, 6.45) is 2.38. The second kappa shape index (κ2) is 10.8. The summed E-state index contributed by atoms with van der Waals surface area (Å²) in [5.41, 5.74) is 2.84. The van der Waals surface area contributed by atoms with Crippen molar-refractivity contribution in [3.8, 4) is 5.75 Å². The lowest BCUT2D eigenvalue weighted by molar-refractivity contribution is 0.0947. The van der Waals surface area contributed by atoms with Crippen LogP contribution in [0, 0.1) is 0 Å². The first kappa shape index (κ1) is 21.9. The van der Waals surface area contributed by atoms with E-state index < -0.39 is 0 Å². The number of hydrogen-bond donors (Lipinski definition) is 2. The first-order valence-electron chi connectivity index (χ1n) is 10.7. The van der Waals surface area contributed by atoms with Crippen molar-refractivity contribution in [3.05, 3.63) is 120 Å². The Morgan fingerprint density at radius 1 is 0.758 bits per heavy atom. The number of nitrogens with one attached hydrogen (secondary N) is 2. The summed E-state index contributed by atoms with van der Waals surface area (Å²) >= 11 is 0. The zero-order chi connectivity index (χ0) is 22.9. The predicted octanol–water partition coefficient (Wildman–Crippen LogP) is 5.08. The molecule has 4 rings (SSSR count). The Hall–Kier alpha value is -4.32. The molecule has 0 aliphatic carbocycles. The second-order valence-corrected chi connectivity index (χ2v) is 7.40. The van der Waals surface area contributed by atoms with Crippen molar-refractivity contribution in [1.82, 2.24) is 5.32 Å². The Morgan fingerprint density at radius 3 is 2.15 bits per heavy atom. The molecule has 0 unspecified atom stereocenters. The maximum Gasteiger partial charge on any atom is 0.255 e. The SMILES string of the molecule is O=C(NCc1ccco1)c1ccc(NC(=O)c2ccc(OCCc3ccccc3)cc2)cc1.